The van der Waals surface area contributed by atoms with Crippen LogP contribution in [0.5, 0.6) is 0 Å². The second kappa shape index (κ2) is 6.40. The van der Waals surface area contributed by atoms with E-state index < -0.39 is 0 Å². The minimum atomic E-state index is 0.386. The molecule has 0 amide bonds. The van der Waals surface area contributed by atoms with Crippen LogP contribution in [0.25, 0.3) is 0 Å². The van der Waals surface area contributed by atoms with Crippen molar-refractivity contribution in [2.75, 3.05) is 5.32 Å². The lowest BCUT2D eigenvalue weighted by molar-refractivity contribution is 0.708. The van der Waals surface area contributed by atoms with Gasteiger partial charge in [-0.05, 0) is 13.8 Å². The van der Waals surface area contributed by atoms with Gasteiger partial charge in [0.1, 0.15) is 5.82 Å². The van der Waals surface area contributed by atoms with Crippen molar-refractivity contribution >= 4 is 5.95 Å². The predicted molar refractivity (Wildman–Crippen MR) is 60.5 cm³/mol. The van der Waals surface area contributed by atoms with E-state index in [0.29, 0.717) is 6.04 Å². The Bertz CT molecular complexity index is 253. The van der Waals surface area contributed by atoms with Crippen LogP contribution in [-0.2, 0) is 13.5 Å². The summed E-state index contributed by atoms with van der Waals surface area (Å²) in [6.07, 6.45) is 0.920. The van der Waals surface area contributed by atoms with E-state index in [1.54, 1.807) is 0 Å². The molecule has 0 fully saturated rings. The molecule has 0 atom stereocenters. The Morgan fingerprint density at radius 3 is 2.29 bits per heavy atom. The second-order valence-electron chi connectivity index (χ2n) is 3.13. The van der Waals surface area contributed by atoms with Gasteiger partial charge in [-0.1, -0.05) is 20.8 Å². The maximum atomic E-state index is 4.31. The van der Waals surface area contributed by atoms with Crippen LogP contribution in [0.15, 0.2) is 0 Å². The molecule has 0 radical (unpaired) electrons. The van der Waals surface area contributed by atoms with Gasteiger partial charge in [-0.2, -0.15) is 4.98 Å². The van der Waals surface area contributed by atoms with Crippen LogP contribution in [0.4, 0.5) is 5.95 Å². The highest BCUT2D eigenvalue weighted by atomic mass is 15.4. The Labute approximate surface area is 86.7 Å². The smallest absolute Gasteiger partial charge is 0.242 e. The molecule has 1 rings (SSSR count). The molecule has 1 aromatic heterocycles. The molecule has 82 valence electrons. The fraction of sp³-hybridized carbons (Fsp3) is 0.800. The summed E-state index contributed by atoms with van der Waals surface area (Å²) < 4.78 is 1.81. The summed E-state index contributed by atoms with van der Waals surface area (Å²) in [5, 5.41) is 7.37. The topological polar surface area (TPSA) is 42.7 Å². The summed E-state index contributed by atoms with van der Waals surface area (Å²) in [5.41, 5.74) is 0. The van der Waals surface area contributed by atoms with Gasteiger partial charge in [-0.25, -0.2) is 0 Å². The molecular formula is C10H22N4. The van der Waals surface area contributed by atoms with Crippen LogP contribution in [-0.4, -0.2) is 20.8 Å². The molecule has 0 aliphatic heterocycles. The van der Waals surface area contributed by atoms with Crippen LogP contribution in [0.1, 0.15) is 40.4 Å². The number of hydrogen-bond acceptors (Lipinski definition) is 3. The van der Waals surface area contributed by atoms with Gasteiger partial charge in [0.05, 0.1) is 0 Å². The first-order valence-corrected chi connectivity index (χ1v) is 5.30. The van der Waals surface area contributed by atoms with E-state index in [4.69, 9.17) is 0 Å². The summed E-state index contributed by atoms with van der Waals surface area (Å²) in [7, 11) is 1.91. The van der Waals surface area contributed by atoms with Gasteiger partial charge >= 0.3 is 0 Å². The largest absolute Gasteiger partial charge is 0.351 e. The molecule has 0 aliphatic rings. The monoisotopic (exact) mass is 198 g/mol. The fourth-order valence-electron chi connectivity index (χ4n) is 1.04. The SMILES string of the molecule is CC.CCc1nc(NC(C)C)nn1C. The maximum Gasteiger partial charge on any atom is 0.242 e. The third-order valence-corrected chi connectivity index (χ3v) is 1.59. The molecule has 0 spiro atoms. The number of hydrogen-bond donors (Lipinski definition) is 1. The maximum absolute atomic E-state index is 4.31. The van der Waals surface area contributed by atoms with Gasteiger partial charge in [-0.15, -0.1) is 5.10 Å². The number of aromatic nitrogens is 3. The van der Waals surface area contributed by atoms with Crippen molar-refractivity contribution in [1.82, 2.24) is 14.8 Å². The van der Waals surface area contributed by atoms with Crippen molar-refractivity contribution in [2.24, 2.45) is 7.05 Å². The van der Waals surface area contributed by atoms with Crippen LogP contribution < -0.4 is 5.32 Å². The highest BCUT2D eigenvalue weighted by Gasteiger charge is 2.04. The van der Waals surface area contributed by atoms with Gasteiger partial charge in [0.25, 0.3) is 0 Å². The third kappa shape index (κ3) is 3.77. The molecule has 0 saturated heterocycles. The number of nitrogens with one attached hydrogen (secondary N) is 1. The van der Waals surface area contributed by atoms with E-state index in [0.717, 1.165) is 18.2 Å². The Hall–Kier alpha value is -1.06. The highest BCUT2D eigenvalue weighted by Crippen LogP contribution is 2.03. The average Bonchev–Trinajstić information content (AvgIpc) is 2.48. The Balaban J connectivity index is 0.000000791. The van der Waals surface area contributed by atoms with Gasteiger partial charge < -0.3 is 5.32 Å². The highest BCUT2D eigenvalue weighted by molar-refractivity contribution is 5.24. The molecule has 14 heavy (non-hydrogen) atoms. The standard InChI is InChI=1S/C8H16N4.C2H6/c1-5-7-10-8(9-6(2)3)11-12(7)4;1-2/h6H,5H2,1-4H3,(H,9,11);1-2H3. The quantitative estimate of drug-likeness (QED) is 0.810. The molecule has 0 unspecified atom stereocenters. The minimum absolute atomic E-state index is 0.386. The van der Waals surface area contributed by atoms with Crippen molar-refractivity contribution in [1.29, 1.82) is 0 Å². The van der Waals surface area contributed by atoms with Crippen LogP contribution in [0.2, 0.25) is 0 Å². The number of anilines is 1. The zero-order valence-corrected chi connectivity index (χ0v) is 10.1. The van der Waals surface area contributed by atoms with Crippen LogP contribution in [0.3, 0.4) is 0 Å². The van der Waals surface area contributed by atoms with Gasteiger partial charge in [0.2, 0.25) is 5.95 Å². The number of aryl methyl sites for hydroxylation is 2. The zero-order chi connectivity index (χ0) is 11.1. The molecule has 1 heterocycles. The van der Waals surface area contributed by atoms with Crippen molar-refractivity contribution in [3.8, 4) is 0 Å². The lowest BCUT2D eigenvalue weighted by Gasteiger charge is -2.02. The molecule has 4 nitrogen and oxygen atoms in total. The first-order chi connectivity index (χ1) is 6.63. The lowest BCUT2D eigenvalue weighted by atomic mass is 10.4. The van der Waals surface area contributed by atoms with E-state index in [1.807, 2.05) is 25.6 Å². The molecule has 0 aliphatic carbocycles. The number of nitrogens with zero attached hydrogens (tertiary/aromatic N) is 3. The summed E-state index contributed by atoms with van der Waals surface area (Å²) >= 11 is 0. The molecule has 1 N–H and O–H groups in total. The molecule has 4 heteroatoms. The van der Waals surface area contributed by atoms with E-state index in [1.165, 1.54) is 0 Å². The molecular weight excluding hydrogens is 176 g/mol. The first kappa shape index (κ1) is 12.9. The lowest BCUT2D eigenvalue weighted by Crippen LogP contribution is -2.11. The normalized spacial score (nSPS) is 9.64. The van der Waals surface area contributed by atoms with Crippen molar-refractivity contribution in [2.45, 2.75) is 47.1 Å². The van der Waals surface area contributed by atoms with Crippen molar-refractivity contribution < 1.29 is 0 Å². The average molecular weight is 198 g/mol. The van der Waals surface area contributed by atoms with Crippen LogP contribution in [0, 0.1) is 0 Å². The minimum Gasteiger partial charge on any atom is -0.351 e. The van der Waals surface area contributed by atoms with Gasteiger partial charge in [0.15, 0.2) is 0 Å². The van der Waals surface area contributed by atoms with Crippen LogP contribution >= 0.6 is 0 Å². The summed E-state index contributed by atoms with van der Waals surface area (Å²) in [6, 6.07) is 0.386. The summed E-state index contributed by atoms with van der Waals surface area (Å²) in [4.78, 5) is 4.31. The number of rotatable bonds is 3. The fourth-order valence-corrected chi connectivity index (χ4v) is 1.04. The Kier molecular flexibility index (Phi) is 5.92. The summed E-state index contributed by atoms with van der Waals surface area (Å²) in [6.45, 7) is 10.2. The van der Waals surface area contributed by atoms with E-state index in [2.05, 4.69) is 36.2 Å². The molecule has 1 aromatic rings. The van der Waals surface area contributed by atoms with Crippen molar-refractivity contribution in [3.05, 3.63) is 5.82 Å². The molecule has 0 aromatic carbocycles. The zero-order valence-electron chi connectivity index (χ0n) is 10.1. The van der Waals surface area contributed by atoms with Gasteiger partial charge in [0, 0.05) is 19.5 Å². The Morgan fingerprint density at radius 2 is 1.93 bits per heavy atom. The van der Waals surface area contributed by atoms with Gasteiger partial charge in [-0.3, -0.25) is 4.68 Å². The molecule has 0 saturated carbocycles. The third-order valence-electron chi connectivity index (χ3n) is 1.59. The predicted octanol–water partition coefficient (Wildman–Crippen LogP) is 2.22. The first-order valence-electron chi connectivity index (χ1n) is 5.30. The van der Waals surface area contributed by atoms with Crippen molar-refractivity contribution in [3.63, 3.8) is 0 Å². The molecule has 0 bridgehead atoms. The van der Waals surface area contributed by atoms with E-state index >= 15 is 0 Å². The summed E-state index contributed by atoms with van der Waals surface area (Å²) in [5.74, 6) is 1.74. The Morgan fingerprint density at radius 1 is 1.36 bits per heavy atom. The van der Waals surface area contributed by atoms with E-state index in [9.17, 15) is 0 Å². The second-order valence-corrected chi connectivity index (χ2v) is 3.13. The van der Waals surface area contributed by atoms with E-state index in [-0.39, 0.29) is 0 Å².